The number of hydrogen-bond donors (Lipinski definition) is 0. The molecular formula is C104H70. The van der Waals surface area contributed by atoms with E-state index in [-0.39, 0.29) is 0 Å². The van der Waals surface area contributed by atoms with Gasteiger partial charge in [-0.3, -0.25) is 0 Å². The van der Waals surface area contributed by atoms with Gasteiger partial charge >= 0.3 is 0 Å². The average Bonchev–Trinajstić information content (AvgIpc) is 1.13. The fourth-order valence-corrected chi connectivity index (χ4v) is 19.7. The summed E-state index contributed by atoms with van der Waals surface area (Å²) < 4.78 is 0. The summed E-state index contributed by atoms with van der Waals surface area (Å²) >= 11 is 0. The van der Waals surface area contributed by atoms with Gasteiger partial charge in [0.2, 0.25) is 0 Å². The Morgan fingerprint density at radius 1 is 0.173 bits per heavy atom. The summed E-state index contributed by atoms with van der Waals surface area (Å²) in [5.74, 6) is 0. The Balaban J connectivity index is 0.0000000873. The van der Waals surface area contributed by atoms with Gasteiger partial charge in [0.25, 0.3) is 0 Å². The molecule has 7 aliphatic rings. The van der Waals surface area contributed by atoms with Crippen molar-refractivity contribution in [1.29, 1.82) is 0 Å². The van der Waals surface area contributed by atoms with Crippen LogP contribution in [0.4, 0.5) is 0 Å². The van der Waals surface area contributed by atoms with Crippen LogP contribution < -0.4 is 0 Å². The minimum Gasteiger partial charge on any atom is -0.0622 e. The topological polar surface area (TPSA) is 0 Å². The third-order valence-electron chi connectivity index (χ3n) is 24.5. The normalized spacial score (nSPS) is 13.2. The Kier molecular flexibility index (Phi) is 13.3. The van der Waals surface area contributed by atoms with Gasteiger partial charge in [0.15, 0.2) is 0 Å². The molecule has 18 aromatic carbocycles. The minimum atomic E-state index is 1.02. The van der Waals surface area contributed by atoms with Crippen LogP contribution in [0.15, 0.2) is 322 Å². The summed E-state index contributed by atoms with van der Waals surface area (Å²) in [6, 6.07) is 119. The molecule has 0 radical (unpaired) electrons. The molecule has 486 valence electrons. The van der Waals surface area contributed by atoms with Crippen molar-refractivity contribution in [2.75, 3.05) is 0 Å². The summed E-state index contributed by atoms with van der Waals surface area (Å²) in [6.45, 7) is 2.27. The van der Waals surface area contributed by atoms with Crippen LogP contribution in [-0.2, 0) is 44.9 Å². The molecule has 0 bridgehead atoms. The monoisotopic (exact) mass is 1320 g/mol. The van der Waals surface area contributed by atoms with E-state index in [0.717, 1.165) is 44.9 Å². The molecule has 0 saturated carbocycles. The van der Waals surface area contributed by atoms with Crippen molar-refractivity contribution in [1.82, 2.24) is 0 Å². The zero-order valence-corrected chi connectivity index (χ0v) is 58.0. The van der Waals surface area contributed by atoms with Crippen molar-refractivity contribution in [2.45, 2.75) is 51.9 Å². The second-order valence-electron chi connectivity index (χ2n) is 29.9. The number of rotatable bonds is 1. The highest BCUT2D eigenvalue weighted by Gasteiger charge is 2.32. The van der Waals surface area contributed by atoms with Gasteiger partial charge in [-0.05, 0) is 319 Å². The van der Waals surface area contributed by atoms with Crippen LogP contribution >= 0.6 is 0 Å². The third kappa shape index (κ3) is 9.17. The molecule has 0 heterocycles. The standard InChI is InChI=1S/2C28H18.C24H16.C24H18/c1-3-10-21-18(7-1)15-25-23(21)12-13-24-26(25)16-20-9-5-8-19-14-17-6-2-4-11-22(17)28(24)27(19)20;1-3-10-23-17(6-1)13-21-16-26-22(15-25(21)23)14-20-9-5-8-19-12-18-7-2-4-11-24(18)28(26)27(19)20;1-3-7-17-15(5-1)9-10-20-21-12-11-19-18-8-4-2-6-16(18)13-22(19)24(21)14-23(17)20;1-16-21(17-7-3-2-4-8-17)11-12-22-23(16)15-20-13-18-9-5-6-10-19(18)14-24(20)22/h1-14H,15-16H2;1-12,15-16H,13-14H2;1-12H,13-14H2;2-14H,15H2,1H3. The second-order valence-corrected chi connectivity index (χ2v) is 29.9. The maximum atomic E-state index is 2.49. The number of benzene rings is 18. The van der Waals surface area contributed by atoms with Crippen LogP contribution in [0, 0.1) is 6.92 Å². The van der Waals surface area contributed by atoms with E-state index in [1.165, 1.54) is 226 Å². The van der Waals surface area contributed by atoms with Gasteiger partial charge in [0.1, 0.15) is 0 Å². The summed E-state index contributed by atoms with van der Waals surface area (Å²) in [4.78, 5) is 0. The van der Waals surface area contributed by atoms with Gasteiger partial charge in [-0.25, -0.2) is 0 Å². The Labute approximate surface area is 606 Å². The Morgan fingerprint density at radius 2 is 0.548 bits per heavy atom. The molecule has 0 saturated heterocycles. The molecule has 0 nitrogen and oxygen atoms in total. The van der Waals surface area contributed by atoms with E-state index < -0.39 is 0 Å². The largest absolute Gasteiger partial charge is 0.0622 e. The lowest BCUT2D eigenvalue weighted by atomic mass is 9.78. The molecule has 0 fully saturated rings. The highest BCUT2D eigenvalue weighted by molar-refractivity contribution is 6.17. The van der Waals surface area contributed by atoms with Crippen LogP contribution in [-0.4, -0.2) is 0 Å². The van der Waals surface area contributed by atoms with E-state index in [0.29, 0.717) is 0 Å². The quantitative estimate of drug-likeness (QED) is 0.144. The summed E-state index contributed by atoms with van der Waals surface area (Å²) in [5.41, 5.74) is 45.0. The van der Waals surface area contributed by atoms with E-state index in [1.807, 2.05) is 0 Å². The molecule has 18 aromatic rings. The molecule has 0 aliphatic heterocycles. The highest BCUT2D eigenvalue weighted by atomic mass is 14.4. The van der Waals surface area contributed by atoms with E-state index in [9.17, 15) is 0 Å². The minimum absolute atomic E-state index is 1.02. The predicted molar refractivity (Wildman–Crippen MR) is 439 cm³/mol. The lowest BCUT2D eigenvalue weighted by molar-refractivity contribution is 1.13. The van der Waals surface area contributed by atoms with Gasteiger partial charge < -0.3 is 0 Å². The first-order valence-electron chi connectivity index (χ1n) is 37.2. The van der Waals surface area contributed by atoms with Crippen LogP contribution in [0.3, 0.4) is 0 Å². The van der Waals surface area contributed by atoms with E-state index >= 15 is 0 Å². The van der Waals surface area contributed by atoms with Gasteiger partial charge in [-0.15, -0.1) is 0 Å². The van der Waals surface area contributed by atoms with E-state index in [2.05, 4.69) is 328 Å². The molecule has 25 rings (SSSR count). The zero-order chi connectivity index (χ0) is 68.3. The Hall–Kier alpha value is -12.5. The highest BCUT2D eigenvalue weighted by Crippen LogP contribution is 2.53. The SMILES string of the molecule is Cc1c(-c2ccccc2)ccc2c1Cc1cc3ccccc3cc1-2.c1ccc2c(c1)Cc1c-2ccc2c1Cc1c-2ccc2ccccc12.c1ccc2c(c1)Cc1c-2ccc2c1Cc1cccc3cc4ccccc4c-2c13.c1ccc2c(c1)Cc1cc3c(cc1-2)Cc1cccc2cc4ccccc4c-3c12. The fraction of sp³-hybridized carbons (Fsp3) is 0.0769. The molecule has 0 N–H and O–H groups in total. The van der Waals surface area contributed by atoms with Crippen LogP contribution in [0.1, 0.15) is 83.5 Å². The molecular weight excluding hydrogens is 1250 g/mol. The molecule has 0 heteroatoms. The molecule has 7 aliphatic carbocycles. The smallest absolute Gasteiger partial charge is 0.000421 e. The Bertz CT molecular complexity index is 6650. The summed E-state index contributed by atoms with van der Waals surface area (Å²) in [6.07, 6.45) is 7.37. The number of hydrogen-bond acceptors (Lipinski definition) is 0. The molecule has 0 atom stereocenters. The first kappa shape index (κ1) is 59.2. The fourth-order valence-electron chi connectivity index (χ4n) is 19.7. The van der Waals surface area contributed by atoms with Gasteiger partial charge in [0, 0.05) is 0 Å². The van der Waals surface area contributed by atoms with Crippen molar-refractivity contribution in [3.05, 3.63) is 405 Å². The van der Waals surface area contributed by atoms with Gasteiger partial charge in [0.05, 0.1) is 0 Å². The summed E-state index contributed by atoms with van der Waals surface area (Å²) in [7, 11) is 0. The lowest BCUT2D eigenvalue weighted by Gasteiger charge is -2.25. The molecule has 104 heavy (non-hydrogen) atoms. The maximum Gasteiger partial charge on any atom is -0.000421 e. The van der Waals surface area contributed by atoms with E-state index in [4.69, 9.17) is 0 Å². The van der Waals surface area contributed by atoms with Crippen LogP contribution in [0.5, 0.6) is 0 Å². The molecule has 0 amide bonds. The molecule has 0 spiro atoms. The van der Waals surface area contributed by atoms with Crippen molar-refractivity contribution in [3.8, 4) is 89.0 Å². The summed E-state index contributed by atoms with van der Waals surface area (Å²) in [5, 5.41) is 16.5. The van der Waals surface area contributed by atoms with E-state index in [1.54, 1.807) is 11.1 Å². The van der Waals surface area contributed by atoms with Crippen LogP contribution in [0.2, 0.25) is 0 Å². The third-order valence-corrected chi connectivity index (χ3v) is 24.5. The maximum absolute atomic E-state index is 2.49. The molecule has 0 aromatic heterocycles. The molecule has 0 unspecified atom stereocenters. The van der Waals surface area contributed by atoms with Crippen molar-refractivity contribution < 1.29 is 0 Å². The second kappa shape index (κ2) is 23.3. The zero-order valence-electron chi connectivity index (χ0n) is 58.0. The van der Waals surface area contributed by atoms with Crippen LogP contribution in [0.25, 0.3) is 154 Å². The first-order chi connectivity index (χ1) is 51.5. The predicted octanol–water partition coefficient (Wildman–Crippen LogP) is 26.6. The van der Waals surface area contributed by atoms with Crippen molar-refractivity contribution in [3.63, 3.8) is 0 Å². The van der Waals surface area contributed by atoms with Crippen molar-refractivity contribution in [2.24, 2.45) is 0 Å². The van der Waals surface area contributed by atoms with Crippen molar-refractivity contribution >= 4 is 64.6 Å². The average molecular weight is 1320 g/mol. The number of fused-ring (bicyclic) bond motifs is 28. The van der Waals surface area contributed by atoms with Gasteiger partial charge in [-0.1, -0.05) is 291 Å². The lowest BCUT2D eigenvalue weighted by Crippen LogP contribution is -2.05. The Morgan fingerprint density at radius 3 is 1.20 bits per heavy atom. The first-order valence-corrected chi connectivity index (χ1v) is 37.2. The van der Waals surface area contributed by atoms with Gasteiger partial charge in [-0.2, -0.15) is 0 Å².